The average molecular weight is 406 g/mol. The van der Waals surface area contributed by atoms with Gasteiger partial charge in [0.15, 0.2) is 16.7 Å². The summed E-state index contributed by atoms with van der Waals surface area (Å²) in [5, 5.41) is 8.91. The van der Waals surface area contributed by atoms with Crippen LogP contribution in [0, 0.1) is 0 Å². The Labute approximate surface area is 169 Å². The van der Waals surface area contributed by atoms with Crippen LogP contribution in [0.5, 0.6) is 11.5 Å². The molecule has 1 atom stereocenters. The van der Waals surface area contributed by atoms with Gasteiger partial charge in [-0.3, -0.25) is 0 Å². The first-order valence-corrected chi connectivity index (χ1v) is 9.97. The molecule has 0 aliphatic heterocycles. The molecule has 0 heterocycles. The second-order valence-corrected chi connectivity index (χ2v) is 7.23. The van der Waals surface area contributed by atoms with Gasteiger partial charge in [0.25, 0.3) is 0 Å². The van der Waals surface area contributed by atoms with E-state index in [9.17, 15) is 0 Å². The van der Waals surface area contributed by atoms with Gasteiger partial charge in [-0.25, -0.2) is 0 Å². The third kappa shape index (κ3) is 6.81. The van der Waals surface area contributed by atoms with Crippen molar-refractivity contribution < 1.29 is 9.47 Å². The topological polar surface area (TPSA) is 69.2 Å². The van der Waals surface area contributed by atoms with Gasteiger partial charge in [-0.2, -0.15) is 5.10 Å². The molecule has 0 fully saturated rings. The monoisotopic (exact) mass is 405 g/mol. The van der Waals surface area contributed by atoms with E-state index in [0.717, 1.165) is 17.7 Å². The number of benzene rings is 2. The fourth-order valence-corrected chi connectivity index (χ4v) is 3.00. The zero-order valence-electron chi connectivity index (χ0n) is 15.7. The number of amidine groups is 1. The van der Waals surface area contributed by atoms with Crippen LogP contribution < -0.4 is 15.2 Å². The summed E-state index contributed by atoms with van der Waals surface area (Å²) in [6.07, 6.45) is 2.50. The van der Waals surface area contributed by atoms with Crippen LogP contribution in [-0.4, -0.2) is 24.6 Å². The zero-order chi connectivity index (χ0) is 19.6. The first kappa shape index (κ1) is 21.1. The summed E-state index contributed by atoms with van der Waals surface area (Å²) < 4.78 is 11.2. The fourth-order valence-electron chi connectivity index (χ4n) is 2.13. The molecule has 0 saturated carbocycles. The van der Waals surface area contributed by atoms with Gasteiger partial charge in [0.2, 0.25) is 0 Å². The van der Waals surface area contributed by atoms with E-state index >= 15 is 0 Å². The van der Waals surface area contributed by atoms with Crippen molar-refractivity contribution >= 4 is 34.7 Å². The molecule has 0 bridgehead atoms. The van der Waals surface area contributed by atoms with Crippen LogP contribution in [0.15, 0.2) is 52.7 Å². The average Bonchev–Trinajstić information content (AvgIpc) is 2.68. The van der Waals surface area contributed by atoms with Crippen molar-refractivity contribution in [2.24, 2.45) is 15.9 Å². The molecule has 0 radical (unpaired) electrons. The molecule has 2 rings (SSSR count). The van der Waals surface area contributed by atoms with E-state index in [-0.39, 0.29) is 6.10 Å². The van der Waals surface area contributed by atoms with Crippen LogP contribution >= 0.6 is 23.4 Å². The molecule has 27 heavy (non-hydrogen) atoms. The van der Waals surface area contributed by atoms with Crippen molar-refractivity contribution in [1.29, 1.82) is 0 Å². The molecule has 0 aliphatic carbocycles. The van der Waals surface area contributed by atoms with Gasteiger partial charge in [0.05, 0.1) is 24.5 Å². The molecule has 0 aliphatic rings. The van der Waals surface area contributed by atoms with E-state index < -0.39 is 0 Å². The second kappa shape index (κ2) is 10.8. The van der Waals surface area contributed by atoms with E-state index in [1.165, 1.54) is 17.3 Å². The highest BCUT2D eigenvalue weighted by Crippen LogP contribution is 2.37. The summed E-state index contributed by atoms with van der Waals surface area (Å²) in [7, 11) is 1.58. The van der Waals surface area contributed by atoms with E-state index in [1.807, 2.05) is 44.2 Å². The maximum Gasteiger partial charge on any atom is 0.180 e. The number of thioether (sulfide) groups is 1. The molecule has 144 valence electrons. The number of nitrogens with zero attached hydrogens (tertiary/aromatic N) is 2. The molecular formula is C20H24ClN3O2S. The highest BCUT2D eigenvalue weighted by molar-refractivity contribution is 8.13. The van der Waals surface area contributed by atoms with Gasteiger partial charge in [-0.15, -0.1) is 5.10 Å². The van der Waals surface area contributed by atoms with Crippen LogP contribution in [0.3, 0.4) is 0 Å². The summed E-state index contributed by atoms with van der Waals surface area (Å²) in [6, 6.07) is 13.6. The second-order valence-electron chi connectivity index (χ2n) is 5.83. The smallest absolute Gasteiger partial charge is 0.180 e. The molecular weight excluding hydrogens is 382 g/mol. The van der Waals surface area contributed by atoms with Gasteiger partial charge < -0.3 is 15.2 Å². The normalized spacial score (nSPS) is 13.0. The molecule has 0 spiro atoms. The molecule has 2 aromatic rings. The number of methoxy groups -OCH3 is 1. The van der Waals surface area contributed by atoms with Crippen molar-refractivity contribution in [2.75, 3.05) is 7.11 Å². The number of nitrogens with two attached hydrogens (primary N) is 1. The van der Waals surface area contributed by atoms with Crippen molar-refractivity contribution in [3.63, 3.8) is 0 Å². The lowest BCUT2D eigenvalue weighted by Gasteiger charge is -2.17. The molecule has 7 heteroatoms. The van der Waals surface area contributed by atoms with Gasteiger partial charge in [0.1, 0.15) is 0 Å². The molecule has 1 unspecified atom stereocenters. The quantitative estimate of drug-likeness (QED) is 0.376. The SMILES string of the molecule is CCC(C)Oc1c(Cl)cc(C=NN=C(N)SCc2ccccc2)cc1OC. The van der Waals surface area contributed by atoms with Crippen molar-refractivity contribution in [1.82, 2.24) is 0 Å². The number of halogens is 1. The molecule has 2 aromatic carbocycles. The summed E-state index contributed by atoms with van der Waals surface area (Å²) >= 11 is 7.77. The Morgan fingerprint density at radius 1 is 1.30 bits per heavy atom. The van der Waals surface area contributed by atoms with Crippen molar-refractivity contribution in [2.45, 2.75) is 32.1 Å². The zero-order valence-corrected chi connectivity index (χ0v) is 17.3. The minimum absolute atomic E-state index is 0.0435. The number of ether oxygens (including phenoxy) is 2. The number of rotatable bonds is 8. The van der Waals surface area contributed by atoms with Gasteiger partial charge in [0, 0.05) is 11.3 Å². The van der Waals surface area contributed by atoms with E-state index in [0.29, 0.717) is 21.7 Å². The van der Waals surface area contributed by atoms with E-state index in [1.54, 1.807) is 25.5 Å². The number of hydrogen-bond donors (Lipinski definition) is 1. The van der Waals surface area contributed by atoms with Crippen molar-refractivity contribution in [3.05, 3.63) is 58.6 Å². The Bertz CT molecular complexity index is 797. The predicted octanol–water partition coefficient (Wildman–Crippen LogP) is 5.11. The Balaban J connectivity index is 2.04. The highest BCUT2D eigenvalue weighted by Gasteiger charge is 2.13. The molecule has 5 nitrogen and oxygen atoms in total. The minimum atomic E-state index is 0.0435. The Morgan fingerprint density at radius 2 is 2.04 bits per heavy atom. The highest BCUT2D eigenvalue weighted by atomic mass is 35.5. The third-order valence-corrected chi connectivity index (χ3v) is 4.87. The Morgan fingerprint density at radius 3 is 2.70 bits per heavy atom. The Hall–Kier alpha value is -2.18. The van der Waals surface area contributed by atoms with E-state index in [2.05, 4.69) is 10.2 Å². The molecule has 2 N–H and O–H groups in total. The summed E-state index contributed by atoms with van der Waals surface area (Å²) in [4.78, 5) is 0. The first-order valence-electron chi connectivity index (χ1n) is 8.60. The van der Waals surface area contributed by atoms with Crippen LogP contribution in [0.25, 0.3) is 0 Å². The molecule has 0 amide bonds. The Kier molecular flexibility index (Phi) is 8.48. The summed E-state index contributed by atoms with van der Waals surface area (Å²) in [5.74, 6) is 1.83. The lowest BCUT2D eigenvalue weighted by Crippen LogP contribution is -2.11. The third-order valence-electron chi connectivity index (χ3n) is 3.74. The minimum Gasteiger partial charge on any atom is -0.493 e. The van der Waals surface area contributed by atoms with Crippen LogP contribution in [0.4, 0.5) is 0 Å². The first-order chi connectivity index (χ1) is 13.0. The van der Waals surface area contributed by atoms with Crippen LogP contribution in [0.1, 0.15) is 31.4 Å². The lowest BCUT2D eigenvalue weighted by atomic mass is 10.2. The summed E-state index contributed by atoms with van der Waals surface area (Å²) in [5.41, 5.74) is 7.82. The molecule has 0 saturated heterocycles. The summed E-state index contributed by atoms with van der Waals surface area (Å²) in [6.45, 7) is 4.03. The number of hydrogen-bond acceptors (Lipinski definition) is 5. The predicted molar refractivity (Wildman–Crippen MR) is 115 cm³/mol. The standard InChI is InChI=1S/C20H24ClN3O2S/c1-4-14(2)26-19-17(21)10-16(11-18(19)25-3)12-23-24-20(22)27-13-15-8-6-5-7-9-15/h5-12,14H,4,13H2,1-3H3,(H2,22,24). The lowest BCUT2D eigenvalue weighted by molar-refractivity contribution is 0.208. The molecule has 0 aromatic heterocycles. The van der Waals surface area contributed by atoms with Crippen LogP contribution in [-0.2, 0) is 5.75 Å². The maximum absolute atomic E-state index is 6.34. The van der Waals surface area contributed by atoms with Gasteiger partial charge >= 0.3 is 0 Å². The van der Waals surface area contributed by atoms with Crippen LogP contribution in [0.2, 0.25) is 5.02 Å². The van der Waals surface area contributed by atoms with Gasteiger partial charge in [-0.05, 0) is 31.0 Å². The largest absolute Gasteiger partial charge is 0.493 e. The van der Waals surface area contributed by atoms with Gasteiger partial charge in [-0.1, -0.05) is 60.6 Å². The fraction of sp³-hybridized carbons (Fsp3) is 0.300. The van der Waals surface area contributed by atoms with Crippen molar-refractivity contribution in [3.8, 4) is 11.5 Å². The maximum atomic E-state index is 6.34. The van der Waals surface area contributed by atoms with E-state index in [4.69, 9.17) is 26.8 Å².